The van der Waals surface area contributed by atoms with Crippen LogP contribution in [0.1, 0.15) is 0 Å². The van der Waals surface area contributed by atoms with Crippen LogP contribution in [0.2, 0.25) is 0 Å². The highest BCUT2D eigenvalue weighted by Gasteiger charge is 2.23. The summed E-state index contributed by atoms with van der Waals surface area (Å²) in [5.74, 6) is -0.499. The summed E-state index contributed by atoms with van der Waals surface area (Å²) in [6.07, 6.45) is -2.87. The Balaban J connectivity index is 3.92. The minimum atomic E-state index is -1.49. The van der Waals surface area contributed by atoms with E-state index in [0.717, 1.165) is 0 Å². The fraction of sp³-hybridized carbons (Fsp3) is 0.857. The van der Waals surface area contributed by atoms with Crippen molar-refractivity contribution in [3.05, 3.63) is 0 Å². The molecule has 0 rings (SSSR count). The summed E-state index contributed by atoms with van der Waals surface area (Å²) < 4.78 is 0. The van der Waals surface area contributed by atoms with Gasteiger partial charge in [-0.25, -0.2) is 0 Å². The van der Waals surface area contributed by atoms with Gasteiger partial charge in [0.2, 0.25) is 0 Å². The Labute approximate surface area is 71.2 Å². The van der Waals surface area contributed by atoms with Gasteiger partial charge in [-0.1, -0.05) is 0 Å². The maximum atomic E-state index is 11.0. The zero-order valence-corrected chi connectivity index (χ0v) is 7.27. The summed E-state index contributed by atoms with van der Waals surface area (Å²) in [6.45, 7) is -0.557. The summed E-state index contributed by atoms with van der Waals surface area (Å²) in [5.41, 5.74) is 0. The monoisotopic (exact) mass is 177 g/mol. The molecule has 0 unspecified atom stereocenters. The van der Waals surface area contributed by atoms with Gasteiger partial charge in [0, 0.05) is 0 Å². The Morgan fingerprint density at radius 2 is 1.92 bits per heavy atom. The molecule has 0 bridgehead atoms. The third-order valence-corrected chi connectivity index (χ3v) is 1.35. The number of nitrogens with zero attached hydrogens (tertiary/aromatic N) is 1. The lowest BCUT2D eigenvalue weighted by Crippen LogP contribution is -2.40. The fourth-order valence-corrected chi connectivity index (χ4v) is 0.720. The maximum absolute atomic E-state index is 11.0. The predicted molar refractivity (Wildman–Crippen MR) is 42.7 cm³/mol. The minimum Gasteiger partial charge on any atom is -0.394 e. The van der Waals surface area contributed by atoms with Gasteiger partial charge in [0.25, 0.3) is 0 Å². The van der Waals surface area contributed by atoms with Crippen molar-refractivity contribution in [3.63, 3.8) is 0 Å². The molecule has 0 heterocycles. The van der Waals surface area contributed by atoms with Crippen LogP contribution in [0.5, 0.6) is 0 Å². The molecule has 72 valence electrons. The fourth-order valence-electron chi connectivity index (χ4n) is 0.720. The van der Waals surface area contributed by atoms with Gasteiger partial charge < -0.3 is 20.2 Å². The molecule has 0 saturated heterocycles. The third kappa shape index (κ3) is 3.77. The first-order chi connectivity index (χ1) is 5.49. The van der Waals surface area contributed by atoms with Gasteiger partial charge in [-0.15, -0.1) is 0 Å². The van der Waals surface area contributed by atoms with Crippen molar-refractivity contribution in [2.45, 2.75) is 12.2 Å². The van der Waals surface area contributed by atoms with Crippen molar-refractivity contribution in [1.82, 2.24) is 4.90 Å². The predicted octanol–water partition coefficient (Wildman–Crippen LogP) is -2.17. The summed E-state index contributed by atoms with van der Waals surface area (Å²) in [6, 6.07) is 0. The molecule has 12 heavy (non-hydrogen) atoms. The lowest BCUT2D eigenvalue weighted by atomic mass is 10.1. The summed E-state index contributed by atoms with van der Waals surface area (Å²) >= 11 is 0. The van der Waals surface area contributed by atoms with Crippen LogP contribution < -0.4 is 0 Å². The van der Waals surface area contributed by atoms with E-state index in [9.17, 15) is 4.79 Å². The average Bonchev–Trinajstić information content (AvgIpc) is 2.00. The first kappa shape index (κ1) is 11.5. The molecule has 5 heteroatoms. The van der Waals surface area contributed by atoms with Crippen LogP contribution in [0.25, 0.3) is 0 Å². The average molecular weight is 177 g/mol. The Hall–Kier alpha value is -0.490. The van der Waals surface area contributed by atoms with E-state index in [4.69, 9.17) is 15.3 Å². The molecule has 0 aromatic carbocycles. The number of hydrogen-bond acceptors (Lipinski definition) is 5. The van der Waals surface area contributed by atoms with Crippen molar-refractivity contribution in [2.24, 2.45) is 0 Å². The molecule has 3 N–H and O–H groups in total. The highest BCUT2D eigenvalue weighted by Crippen LogP contribution is 1.95. The molecule has 0 fully saturated rings. The van der Waals surface area contributed by atoms with E-state index in [-0.39, 0.29) is 6.54 Å². The number of likely N-dealkylation sites (N-methyl/N-ethyl adjacent to an activating group) is 1. The molecule has 2 atom stereocenters. The van der Waals surface area contributed by atoms with Crippen LogP contribution in [0, 0.1) is 0 Å². The molecule has 0 aliphatic carbocycles. The SMILES string of the molecule is CN(C)CC(=O)[C@@H](O)[C@H](O)CO. The molecule has 0 aromatic heterocycles. The molecular weight excluding hydrogens is 162 g/mol. The molecule has 0 saturated carbocycles. The zero-order valence-electron chi connectivity index (χ0n) is 7.27. The van der Waals surface area contributed by atoms with Gasteiger partial charge in [-0.05, 0) is 14.1 Å². The van der Waals surface area contributed by atoms with E-state index in [2.05, 4.69) is 0 Å². The summed E-state index contributed by atoms with van der Waals surface area (Å²) in [5, 5.41) is 26.3. The van der Waals surface area contributed by atoms with Crippen LogP contribution >= 0.6 is 0 Å². The lowest BCUT2D eigenvalue weighted by Gasteiger charge is -2.16. The standard InChI is InChI=1S/C7H15NO4/c1-8(2)3-5(10)7(12)6(11)4-9/h6-7,9,11-12H,3-4H2,1-2H3/t6-,7-/m1/s1. The van der Waals surface area contributed by atoms with Gasteiger partial charge >= 0.3 is 0 Å². The molecule has 0 aliphatic heterocycles. The quantitative estimate of drug-likeness (QED) is 0.445. The lowest BCUT2D eigenvalue weighted by molar-refractivity contribution is -0.135. The molecule has 0 aromatic rings. The highest BCUT2D eigenvalue weighted by atomic mass is 16.4. The van der Waals surface area contributed by atoms with E-state index in [1.165, 1.54) is 0 Å². The van der Waals surface area contributed by atoms with Crippen LogP contribution in [0.3, 0.4) is 0 Å². The van der Waals surface area contributed by atoms with Crippen LogP contribution in [-0.4, -0.2) is 65.5 Å². The van der Waals surface area contributed by atoms with E-state index in [1.54, 1.807) is 19.0 Å². The van der Waals surface area contributed by atoms with Crippen molar-refractivity contribution >= 4 is 5.78 Å². The van der Waals surface area contributed by atoms with Gasteiger partial charge in [0.05, 0.1) is 13.2 Å². The first-order valence-corrected chi connectivity index (χ1v) is 3.63. The summed E-state index contributed by atoms with van der Waals surface area (Å²) in [4.78, 5) is 12.6. The zero-order chi connectivity index (χ0) is 9.72. The number of rotatable bonds is 5. The number of aliphatic hydroxyl groups is 3. The number of aliphatic hydroxyl groups excluding tert-OH is 3. The largest absolute Gasteiger partial charge is 0.394 e. The second kappa shape index (κ2) is 5.21. The van der Waals surface area contributed by atoms with Crippen molar-refractivity contribution in [1.29, 1.82) is 0 Å². The van der Waals surface area contributed by atoms with Gasteiger partial charge in [0.1, 0.15) is 12.2 Å². The normalized spacial score (nSPS) is 16.2. The second-order valence-electron chi connectivity index (χ2n) is 2.90. The third-order valence-electron chi connectivity index (χ3n) is 1.35. The number of carbonyl (C=O) groups excluding carboxylic acids is 1. The van der Waals surface area contributed by atoms with Crippen molar-refractivity contribution in [3.8, 4) is 0 Å². The van der Waals surface area contributed by atoms with Crippen LogP contribution in [0.4, 0.5) is 0 Å². The first-order valence-electron chi connectivity index (χ1n) is 3.63. The molecule has 0 spiro atoms. The van der Waals surface area contributed by atoms with Gasteiger partial charge in [-0.3, -0.25) is 4.79 Å². The van der Waals surface area contributed by atoms with Crippen LogP contribution in [0.15, 0.2) is 0 Å². The van der Waals surface area contributed by atoms with Crippen molar-refractivity contribution in [2.75, 3.05) is 27.2 Å². The number of ketones is 1. The van der Waals surface area contributed by atoms with Gasteiger partial charge in [-0.2, -0.15) is 0 Å². The van der Waals surface area contributed by atoms with E-state index in [1.807, 2.05) is 0 Å². The summed E-state index contributed by atoms with van der Waals surface area (Å²) in [7, 11) is 3.35. The Morgan fingerprint density at radius 3 is 2.25 bits per heavy atom. The van der Waals surface area contributed by atoms with Gasteiger partial charge in [0.15, 0.2) is 5.78 Å². The van der Waals surface area contributed by atoms with Crippen LogP contribution in [-0.2, 0) is 4.79 Å². The smallest absolute Gasteiger partial charge is 0.177 e. The Bertz CT molecular complexity index is 148. The molecule has 0 amide bonds. The maximum Gasteiger partial charge on any atom is 0.177 e. The second-order valence-corrected chi connectivity index (χ2v) is 2.90. The Kier molecular flexibility index (Phi) is 5.00. The van der Waals surface area contributed by atoms with Crippen molar-refractivity contribution < 1.29 is 20.1 Å². The number of carbonyl (C=O) groups is 1. The molecule has 0 radical (unpaired) electrons. The topological polar surface area (TPSA) is 81.0 Å². The van der Waals surface area contributed by atoms with E-state index in [0.29, 0.717) is 0 Å². The van der Waals surface area contributed by atoms with E-state index >= 15 is 0 Å². The molecular formula is C7H15NO4. The van der Waals surface area contributed by atoms with E-state index < -0.39 is 24.6 Å². The molecule has 5 nitrogen and oxygen atoms in total. The minimum absolute atomic E-state index is 0.0538. The number of hydrogen-bond donors (Lipinski definition) is 3. The number of Topliss-reactive ketones (excluding diaryl/α,β-unsaturated/α-hetero) is 1. The molecule has 0 aliphatic rings. The Morgan fingerprint density at radius 1 is 1.42 bits per heavy atom. The highest BCUT2D eigenvalue weighted by molar-refractivity contribution is 5.85.